The zero-order valence-electron chi connectivity index (χ0n) is 18.7. The Hall–Kier alpha value is -1.06. The van der Waals surface area contributed by atoms with Crippen LogP contribution < -0.4 is 4.90 Å². The van der Waals surface area contributed by atoms with Gasteiger partial charge < -0.3 is 4.90 Å². The fraction of sp³-hybridized carbons (Fsp3) is 0.731. The van der Waals surface area contributed by atoms with Crippen LogP contribution in [0.25, 0.3) is 0 Å². The van der Waals surface area contributed by atoms with Gasteiger partial charge in [0.05, 0.1) is 0 Å². The van der Waals surface area contributed by atoms with Gasteiger partial charge in [-0.25, -0.2) is 0 Å². The van der Waals surface area contributed by atoms with Crippen LogP contribution in [0.2, 0.25) is 0 Å². The van der Waals surface area contributed by atoms with Gasteiger partial charge in [-0.1, -0.05) is 31.4 Å². The van der Waals surface area contributed by atoms with E-state index in [1.807, 2.05) is 0 Å². The second kappa shape index (κ2) is 9.20. The van der Waals surface area contributed by atoms with Crippen molar-refractivity contribution in [3.05, 3.63) is 29.8 Å². The third-order valence-electron chi connectivity index (χ3n) is 8.70. The number of rotatable bonds is 3. The summed E-state index contributed by atoms with van der Waals surface area (Å²) in [6, 6.07) is 10.7. The molecule has 4 heteroatoms. The van der Waals surface area contributed by atoms with Crippen LogP contribution in [0.4, 0.5) is 5.69 Å². The molecule has 4 aliphatic rings. The molecule has 0 N–H and O–H groups in total. The monoisotopic (exact) mass is 430 g/mol. The smallest absolute Gasteiger partial charge is 0.233 e. The van der Waals surface area contributed by atoms with Gasteiger partial charge in [0.15, 0.2) is 0 Å². The third-order valence-corrected chi connectivity index (χ3v) is 8.70. The van der Waals surface area contributed by atoms with Crippen molar-refractivity contribution in [1.29, 1.82) is 0 Å². The van der Waals surface area contributed by atoms with Gasteiger partial charge >= 0.3 is 0 Å². The first-order valence-electron chi connectivity index (χ1n) is 12.3. The Kier molecular flexibility index (Phi) is 6.79. The fourth-order valence-electron chi connectivity index (χ4n) is 7.00. The van der Waals surface area contributed by atoms with Crippen LogP contribution in [-0.4, -0.2) is 36.0 Å². The fourth-order valence-corrected chi connectivity index (χ4v) is 7.00. The Bertz CT molecular complexity index is 722. The molecule has 2 heterocycles. The molecular weight excluding hydrogens is 392 g/mol. The van der Waals surface area contributed by atoms with E-state index in [1.165, 1.54) is 63.5 Å². The highest BCUT2D eigenvalue weighted by Gasteiger charge is 2.44. The molecule has 1 aromatic rings. The zero-order chi connectivity index (χ0) is 19.8. The SMILES string of the molecule is CC1CCCN1C1CC[C@H](c2ccc(N3CCCC4(CCCCC4)C3=O)cc2)C1.Cl. The zero-order valence-corrected chi connectivity index (χ0v) is 19.5. The summed E-state index contributed by atoms with van der Waals surface area (Å²) in [6.07, 6.45) is 15.0. The first kappa shape index (κ1) is 22.1. The second-order valence-corrected chi connectivity index (χ2v) is 10.4. The van der Waals surface area contributed by atoms with E-state index in [9.17, 15) is 4.79 Å². The van der Waals surface area contributed by atoms with Crippen LogP contribution in [0.3, 0.4) is 0 Å². The van der Waals surface area contributed by atoms with Gasteiger partial charge in [0.25, 0.3) is 0 Å². The van der Waals surface area contributed by atoms with Gasteiger partial charge in [-0.2, -0.15) is 0 Å². The average Bonchev–Trinajstić information content (AvgIpc) is 3.40. The Labute approximate surface area is 189 Å². The Morgan fingerprint density at radius 2 is 1.60 bits per heavy atom. The summed E-state index contributed by atoms with van der Waals surface area (Å²) in [6.45, 7) is 4.61. The topological polar surface area (TPSA) is 23.6 Å². The van der Waals surface area contributed by atoms with E-state index in [0.29, 0.717) is 11.8 Å². The minimum Gasteiger partial charge on any atom is -0.312 e. The van der Waals surface area contributed by atoms with Crippen molar-refractivity contribution in [2.45, 2.75) is 102 Å². The quantitative estimate of drug-likeness (QED) is 0.561. The number of benzene rings is 1. The van der Waals surface area contributed by atoms with Crippen LogP contribution in [0.1, 0.15) is 95.5 Å². The van der Waals surface area contributed by atoms with Crippen LogP contribution in [0.15, 0.2) is 24.3 Å². The van der Waals surface area contributed by atoms with Gasteiger partial charge in [-0.05, 0) is 94.9 Å². The second-order valence-electron chi connectivity index (χ2n) is 10.4. The van der Waals surface area contributed by atoms with E-state index >= 15 is 0 Å². The normalized spacial score (nSPS) is 31.8. The van der Waals surface area contributed by atoms with Crippen molar-refractivity contribution in [2.75, 3.05) is 18.0 Å². The number of hydrogen-bond donors (Lipinski definition) is 0. The standard InChI is InChI=1S/C26H38N2O.ClH/c1-20-7-5-17-27(20)24-13-10-22(19-24)21-8-11-23(12-9-21)28-18-6-16-26(25(28)29)14-3-2-4-15-26;/h8-9,11-12,20,22,24H,2-7,10,13-19H2,1H3;1H/t20?,22-,24?;/m0./s1. The van der Waals surface area contributed by atoms with Crippen molar-refractivity contribution < 1.29 is 4.79 Å². The van der Waals surface area contributed by atoms with Crippen molar-refractivity contribution in [1.82, 2.24) is 4.90 Å². The van der Waals surface area contributed by atoms with Crippen molar-refractivity contribution in [2.24, 2.45) is 5.41 Å². The van der Waals surface area contributed by atoms with E-state index in [0.717, 1.165) is 50.0 Å². The molecule has 2 saturated carbocycles. The molecule has 0 aromatic heterocycles. The van der Waals surface area contributed by atoms with Crippen molar-refractivity contribution in [3.63, 3.8) is 0 Å². The van der Waals surface area contributed by atoms with Gasteiger partial charge in [0.1, 0.15) is 0 Å². The lowest BCUT2D eigenvalue weighted by molar-refractivity contribution is -0.132. The summed E-state index contributed by atoms with van der Waals surface area (Å²) in [5.41, 5.74) is 2.58. The largest absolute Gasteiger partial charge is 0.312 e. The van der Waals surface area contributed by atoms with Crippen molar-refractivity contribution >= 4 is 24.0 Å². The van der Waals surface area contributed by atoms with Gasteiger partial charge in [0, 0.05) is 29.7 Å². The highest BCUT2D eigenvalue weighted by atomic mass is 35.5. The van der Waals surface area contributed by atoms with Gasteiger partial charge in [0.2, 0.25) is 5.91 Å². The van der Waals surface area contributed by atoms with E-state index in [-0.39, 0.29) is 17.8 Å². The molecule has 5 rings (SSSR count). The van der Waals surface area contributed by atoms with Crippen LogP contribution in [0.5, 0.6) is 0 Å². The molecule has 0 radical (unpaired) electrons. The van der Waals surface area contributed by atoms with Crippen LogP contribution in [-0.2, 0) is 4.79 Å². The molecule has 0 bridgehead atoms. The maximum atomic E-state index is 13.4. The summed E-state index contributed by atoms with van der Waals surface area (Å²) >= 11 is 0. The number of hydrogen-bond acceptors (Lipinski definition) is 2. The molecule has 1 aromatic carbocycles. The first-order chi connectivity index (χ1) is 14.2. The van der Waals surface area contributed by atoms with Crippen LogP contribution in [0, 0.1) is 5.41 Å². The summed E-state index contributed by atoms with van der Waals surface area (Å²) in [7, 11) is 0. The molecule has 4 fully saturated rings. The molecule has 1 spiro atoms. The third kappa shape index (κ3) is 4.05. The van der Waals surface area contributed by atoms with Gasteiger partial charge in [-0.15, -0.1) is 12.4 Å². The Balaban J connectivity index is 0.00000218. The molecule has 3 atom stereocenters. The number of carbonyl (C=O) groups excluding carboxylic acids is 1. The lowest BCUT2D eigenvalue weighted by Gasteiger charge is -2.44. The predicted octanol–water partition coefficient (Wildman–Crippen LogP) is 6.31. The lowest BCUT2D eigenvalue weighted by atomic mass is 9.68. The molecule has 2 aliphatic heterocycles. The van der Waals surface area contributed by atoms with E-state index < -0.39 is 0 Å². The number of amides is 1. The Morgan fingerprint density at radius 1 is 0.867 bits per heavy atom. The Morgan fingerprint density at radius 3 is 2.30 bits per heavy atom. The minimum absolute atomic E-state index is 0. The van der Waals surface area contributed by atoms with Crippen LogP contribution >= 0.6 is 12.4 Å². The van der Waals surface area contributed by atoms with E-state index in [1.54, 1.807) is 0 Å². The maximum absolute atomic E-state index is 13.4. The van der Waals surface area contributed by atoms with E-state index in [4.69, 9.17) is 0 Å². The highest BCUT2D eigenvalue weighted by Crippen LogP contribution is 2.45. The molecular formula is C26H39ClN2O. The molecule has 3 nitrogen and oxygen atoms in total. The minimum atomic E-state index is -0.0414. The number of likely N-dealkylation sites (tertiary alicyclic amines) is 1. The number of nitrogens with zero attached hydrogens (tertiary/aromatic N) is 2. The number of piperidine rings is 1. The summed E-state index contributed by atoms with van der Waals surface area (Å²) in [4.78, 5) is 18.3. The maximum Gasteiger partial charge on any atom is 0.233 e. The number of carbonyl (C=O) groups is 1. The molecule has 166 valence electrons. The van der Waals surface area contributed by atoms with Gasteiger partial charge in [-0.3, -0.25) is 9.69 Å². The number of anilines is 1. The number of halogens is 1. The molecule has 1 amide bonds. The lowest BCUT2D eigenvalue weighted by Crippen LogP contribution is -2.49. The highest BCUT2D eigenvalue weighted by molar-refractivity contribution is 5.98. The predicted molar refractivity (Wildman–Crippen MR) is 127 cm³/mol. The van der Waals surface area contributed by atoms with Crippen molar-refractivity contribution in [3.8, 4) is 0 Å². The summed E-state index contributed by atoms with van der Waals surface area (Å²) in [5.74, 6) is 1.11. The summed E-state index contributed by atoms with van der Waals surface area (Å²) < 4.78 is 0. The molecule has 30 heavy (non-hydrogen) atoms. The average molecular weight is 431 g/mol. The summed E-state index contributed by atoms with van der Waals surface area (Å²) in [5, 5.41) is 0. The molecule has 2 saturated heterocycles. The molecule has 2 aliphatic carbocycles. The first-order valence-corrected chi connectivity index (χ1v) is 12.3. The molecule has 2 unspecified atom stereocenters. The van der Waals surface area contributed by atoms with E-state index in [2.05, 4.69) is 41.0 Å².